The van der Waals surface area contributed by atoms with E-state index in [1.807, 2.05) is 99.6 Å². The summed E-state index contributed by atoms with van der Waals surface area (Å²) >= 11 is 3.79. The lowest BCUT2D eigenvalue weighted by Crippen LogP contribution is -2.59. The SMILES string of the molecule is C=CCCC(=O)N(C)[C@H](C)[C@H](OC(=O)[C@H]1[C@@H]2O[C@@]3(CC2Br)[C@@H]1C(=O)N([C@@H](CO)Cc1ccccc1)[C@@H]3C(=O)N(CC=C)c1c(C)cccc1C)c1ccccc1. The van der Waals surface area contributed by atoms with Gasteiger partial charge in [0.2, 0.25) is 11.8 Å². The Morgan fingerprint density at radius 1 is 1.02 bits per heavy atom. The van der Waals surface area contributed by atoms with E-state index in [1.54, 1.807) is 29.0 Å². The molecule has 2 bridgehead atoms. The van der Waals surface area contributed by atoms with Crippen molar-refractivity contribution in [2.24, 2.45) is 11.8 Å². The van der Waals surface area contributed by atoms with Gasteiger partial charge in [-0.2, -0.15) is 0 Å². The van der Waals surface area contributed by atoms with Crippen molar-refractivity contribution in [1.29, 1.82) is 0 Å². The third-order valence-electron chi connectivity index (χ3n) is 11.8. The van der Waals surface area contributed by atoms with Crippen LogP contribution in [0.2, 0.25) is 0 Å². The summed E-state index contributed by atoms with van der Waals surface area (Å²) in [7, 11) is 1.69. The molecule has 3 aromatic rings. The Labute approximate surface area is 338 Å². The summed E-state index contributed by atoms with van der Waals surface area (Å²) in [6.07, 6.45) is 3.01. The highest BCUT2D eigenvalue weighted by Crippen LogP contribution is 2.61. The van der Waals surface area contributed by atoms with Gasteiger partial charge in [-0.1, -0.05) is 107 Å². The van der Waals surface area contributed by atoms with E-state index in [2.05, 4.69) is 29.1 Å². The summed E-state index contributed by atoms with van der Waals surface area (Å²) in [5.74, 6) is -3.75. The number of esters is 1. The van der Waals surface area contributed by atoms with Crippen LogP contribution in [0.4, 0.5) is 5.69 Å². The molecule has 56 heavy (non-hydrogen) atoms. The van der Waals surface area contributed by atoms with Crippen LogP contribution in [0, 0.1) is 25.7 Å². The van der Waals surface area contributed by atoms with Crippen molar-refractivity contribution in [3.8, 4) is 0 Å². The number of amides is 3. The number of para-hydroxylation sites is 1. The molecule has 11 heteroatoms. The van der Waals surface area contributed by atoms with Crippen LogP contribution in [0.15, 0.2) is 104 Å². The number of aryl methyl sites for hydroxylation is 2. The van der Waals surface area contributed by atoms with Gasteiger partial charge in [-0.05, 0) is 62.3 Å². The maximum absolute atomic E-state index is 15.4. The summed E-state index contributed by atoms with van der Waals surface area (Å²) in [6.45, 7) is 13.1. The first kappa shape index (κ1) is 41.1. The second-order valence-corrected chi connectivity index (χ2v) is 16.4. The number of fused-ring (bicyclic) bond motifs is 1. The van der Waals surface area contributed by atoms with Gasteiger partial charge in [0.1, 0.15) is 17.7 Å². The minimum Gasteiger partial charge on any atom is -0.455 e. The third kappa shape index (κ3) is 7.48. The molecular formula is C45H52BrN3O7. The molecule has 3 aliphatic heterocycles. The molecule has 3 fully saturated rings. The molecule has 1 unspecified atom stereocenters. The number of hydrogen-bond acceptors (Lipinski definition) is 7. The zero-order valence-electron chi connectivity index (χ0n) is 32.6. The summed E-state index contributed by atoms with van der Waals surface area (Å²) in [4.78, 5) is 62.9. The molecule has 0 aliphatic carbocycles. The standard InChI is InChI=1S/C45H52BrN3O7/c1-7-9-23-35(51)47(6)30(5)39(32-21-14-11-15-22-32)55-44(54)36-37-42(52)49(33(27-50)25-31-19-12-10-13-20-31)41(45(37)26-34(46)40(36)56-45)43(53)48(24-8-2)38-28(3)17-16-18-29(38)4/h7-8,10-22,30,33-34,36-37,39-41,50H,1-2,9,23-27H2,3-6H3/t30-,33-,34?,36-,37+,39+,40-,41-,45+/m1/s1. The molecule has 1 N–H and O–H groups in total. The number of hydrogen-bond donors (Lipinski definition) is 1. The Hall–Kier alpha value is -4.58. The van der Waals surface area contributed by atoms with Gasteiger partial charge < -0.3 is 29.3 Å². The second-order valence-electron chi connectivity index (χ2n) is 15.3. The molecule has 0 aromatic heterocycles. The Morgan fingerprint density at radius 3 is 2.27 bits per heavy atom. The number of carbonyl (C=O) groups excluding carboxylic acids is 4. The molecule has 10 nitrogen and oxygen atoms in total. The van der Waals surface area contributed by atoms with Gasteiger partial charge in [0, 0.05) is 30.5 Å². The highest BCUT2D eigenvalue weighted by Gasteiger charge is 2.77. The number of allylic oxidation sites excluding steroid dienone is 1. The van der Waals surface area contributed by atoms with Crippen molar-refractivity contribution in [2.75, 3.05) is 25.1 Å². The summed E-state index contributed by atoms with van der Waals surface area (Å²) in [5, 5.41) is 11.0. The Bertz CT molecular complexity index is 1920. The number of likely N-dealkylation sites (tertiary alicyclic amines) is 1. The van der Waals surface area contributed by atoms with E-state index in [-0.39, 0.29) is 42.4 Å². The molecule has 0 radical (unpaired) electrons. The molecule has 9 atom stereocenters. The van der Waals surface area contributed by atoms with E-state index in [4.69, 9.17) is 9.47 Å². The normalized spacial score (nSPS) is 25.2. The van der Waals surface area contributed by atoms with E-state index >= 15 is 9.59 Å². The van der Waals surface area contributed by atoms with Gasteiger partial charge in [0.25, 0.3) is 5.91 Å². The topological polar surface area (TPSA) is 117 Å². The average molecular weight is 827 g/mol. The van der Waals surface area contributed by atoms with Gasteiger partial charge in [0.05, 0.1) is 36.6 Å². The number of halogens is 1. The van der Waals surface area contributed by atoms with Crippen molar-refractivity contribution < 1.29 is 33.8 Å². The Morgan fingerprint density at radius 2 is 1.66 bits per heavy atom. The van der Waals surface area contributed by atoms with Crippen molar-refractivity contribution in [2.45, 2.75) is 87.2 Å². The van der Waals surface area contributed by atoms with E-state index in [1.165, 1.54) is 4.90 Å². The highest BCUT2D eigenvalue weighted by atomic mass is 79.9. The highest BCUT2D eigenvalue weighted by molar-refractivity contribution is 9.09. The molecule has 3 heterocycles. The van der Waals surface area contributed by atoms with E-state index in [9.17, 15) is 14.7 Å². The van der Waals surface area contributed by atoms with Crippen molar-refractivity contribution in [3.05, 3.63) is 126 Å². The van der Waals surface area contributed by atoms with Gasteiger partial charge in [-0.3, -0.25) is 19.2 Å². The monoisotopic (exact) mass is 825 g/mol. The summed E-state index contributed by atoms with van der Waals surface area (Å²) < 4.78 is 13.3. The average Bonchev–Trinajstić information content (AvgIpc) is 3.80. The lowest BCUT2D eigenvalue weighted by molar-refractivity contribution is -0.165. The molecule has 1 spiro atoms. The van der Waals surface area contributed by atoms with Crippen LogP contribution >= 0.6 is 15.9 Å². The maximum Gasteiger partial charge on any atom is 0.313 e. The smallest absolute Gasteiger partial charge is 0.313 e. The summed E-state index contributed by atoms with van der Waals surface area (Å²) in [5.41, 5.74) is 2.61. The van der Waals surface area contributed by atoms with E-state index < -0.39 is 66.3 Å². The van der Waals surface area contributed by atoms with Gasteiger partial charge in [0.15, 0.2) is 0 Å². The number of aliphatic hydroxyl groups is 1. The third-order valence-corrected chi connectivity index (χ3v) is 12.7. The molecule has 3 aromatic carbocycles. The van der Waals surface area contributed by atoms with E-state index in [0.717, 1.165) is 16.7 Å². The quantitative estimate of drug-likeness (QED) is 0.103. The number of ether oxygens (including phenoxy) is 2. The lowest BCUT2D eigenvalue weighted by Gasteiger charge is -2.40. The fourth-order valence-electron chi connectivity index (χ4n) is 9.07. The maximum atomic E-state index is 15.4. The summed E-state index contributed by atoms with van der Waals surface area (Å²) in [6, 6.07) is 22.0. The van der Waals surface area contributed by atoms with E-state index in [0.29, 0.717) is 17.7 Å². The largest absolute Gasteiger partial charge is 0.455 e. The van der Waals surface area contributed by atoms with Crippen molar-refractivity contribution in [3.63, 3.8) is 0 Å². The minimum absolute atomic E-state index is 0.124. The van der Waals surface area contributed by atoms with Crippen LogP contribution in [0.3, 0.4) is 0 Å². The first-order valence-corrected chi connectivity index (χ1v) is 20.2. The van der Waals surface area contributed by atoms with Crippen molar-refractivity contribution >= 4 is 45.3 Å². The van der Waals surface area contributed by atoms with Crippen LogP contribution in [0.25, 0.3) is 0 Å². The number of alkyl halides is 1. The van der Waals surface area contributed by atoms with Gasteiger partial charge >= 0.3 is 5.97 Å². The number of nitrogens with zero attached hydrogens (tertiary/aromatic N) is 3. The molecule has 3 amide bonds. The van der Waals surface area contributed by atoms with Crippen LogP contribution in [0.5, 0.6) is 0 Å². The first-order chi connectivity index (χ1) is 26.9. The number of aliphatic hydroxyl groups excluding tert-OH is 1. The van der Waals surface area contributed by atoms with Crippen LogP contribution in [0.1, 0.15) is 54.5 Å². The molecule has 6 rings (SSSR count). The molecule has 0 saturated carbocycles. The van der Waals surface area contributed by atoms with Crippen LogP contribution < -0.4 is 4.90 Å². The zero-order valence-corrected chi connectivity index (χ0v) is 34.1. The lowest BCUT2D eigenvalue weighted by atomic mass is 9.70. The Kier molecular flexibility index (Phi) is 12.7. The predicted octanol–water partition coefficient (Wildman–Crippen LogP) is 6.27. The Balaban J connectivity index is 1.43. The number of anilines is 1. The number of carbonyl (C=O) groups is 4. The second kappa shape index (κ2) is 17.3. The molecular weight excluding hydrogens is 774 g/mol. The van der Waals surface area contributed by atoms with Crippen LogP contribution in [-0.4, -0.2) is 93.5 Å². The molecule has 296 valence electrons. The fourth-order valence-corrected chi connectivity index (χ4v) is 10.0. The minimum atomic E-state index is -1.41. The molecule has 3 saturated heterocycles. The predicted molar refractivity (Wildman–Crippen MR) is 219 cm³/mol. The van der Waals surface area contributed by atoms with Crippen molar-refractivity contribution in [1.82, 2.24) is 9.80 Å². The van der Waals surface area contributed by atoms with Crippen LogP contribution in [-0.2, 0) is 35.1 Å². The zero-order chi connectivity index (χ0) is 40.3. The number of rotatable bonds is 16. The first-order valence-electron chi connectivity index (χ1n) is 19.3. The van der Waals surface area contributed by atoms with Gasteiger partial charge in [-0.15, -0.1) is 13.2 Å². The fraction of sp³-hybridized carbons (Fsp3) is 0.422. The molecule has 3 aliphatic rings. The van der Waals surface area contributed by atoms with Gasteiger partial charge in [-0.25, -0.2) is 0 Å². The number of benzene rings is 3. The number of likely N-dealkylation sites (N-methyl/N-ethyl adjacent to an activating group) is 1.